The molecule has 3 heteroatoms. The number of carbonyl (C=O) groups excluding carboxylic acids is 1. The summed E-state index contributed by atoms with van der Waals surface area (Å²) in [5, 5.41) is 1.97. The molecule has 0 bridgehead atoms. The zero-order valence-corrected chi connectivity index (χ0v) is 12.6. The summed E-state index contributed by atoms with van der Waals surface area (Å²) in [4.78, 5) is 16.0. The molecule has 108 valence electrons. The Morgan fingerprint density at radius 3 is 2.68 bits per heavy atom. The third kappa shape index (κ3) is 1.56. The van der Waals surface area contributed by atoms with Crippen molar-refractivity contribution in [1.29, 1.82) is 0 Å². The Labute approximate surface area is 128 Å². The number of carbonyl (C=O) groups is 1. The number of aryl methyl sites for hydroxylation is 2. The number of benzene rings is 2. The van der Waals surface area contributed by atoms with Crippen LogP contribution in [-0.4, -0.2) is 10.9 Å². The number of aromatic nitrogens is 1. The Morgan fingerprint density at radius 2 is 1.91 bits per heavy atom. The predicted molar refractivity (Wildman–Crippen MR) is 88.0 cm³/mol. The van der Waals surface area contributed by atoms with Crippen LogP contribution >= 0.6 is 0 Å². The average Bonchev–Trinajstić information content (AvgIpc) is 2.91. The molecule has 0 unspecified atom stereocenters. The van der Waals surface area contributed by atoms with Crippen LogP contribution in [0.1, 0.15) is 32.7 Å². The fourth-order valence-corrected chi connectivity index (χ4v) is 3.74. The molecule has 0 saturated heterocycles. The lowest BCUT2D eigenvalue weighted by Gasteiger charge is -2.15. The fraction of sp³-hybridized carbons (Fsp3) is 0.158. The largest absolute Gasteiger partial charge is 0.364 e. The highest BCUT2D eigenvalue weighted by Crippen LogP contribution is 2.44. The van der Waals surface area contributed by atoms with E-state index in [1.807, 2.05) is 6.07 Å². The quantitative estimate of drug-likeness (QED) is 0.582. The Bertz CT molecular complexity index is 957. The van der Waals surface area contributed by atoms with E-state index >= 15 is 0 Å². The van der Waals surface area contributed by atoms with Gasteiger partial charge in [0.2, 0.25) is 0 Å². The summed E-state index contributed by atoms with van der Waals surface area (Å²) in [5.41, 5.74) is 13.4. The van der Waals surface area contributed by atoms with Gasteiger partial charge in [-0.15, -0.1) is 0 Å². The lowest BCUT2D eigenvalue weighted by atomic mass is 9.89. The van der Waals surface area contributed by atoms with Gasteiger partial charge in [-0.2, -0.15) is 0 Å². The highest BCUT2D eigenvalue weighted by Gasteiger charge is 2.25. The van der Waals surface area contributed by atoms with Crippen molar-refractivity contribution in [3.05, 3.63) is 64.5 Å². The second kappa shape index (κ2) is 4.41. The van der Waals surface area contributed by atoms with E-state index in [1.165, 1.54) is 27.8 Å². The molecule has 0 radical (unpaired) electrons. The van der Waals surface area contributed by atoms with E-state index in [2.05, 4.69) is 43.1 Å². The number of primary amides is 1. The van der Waals surface area contributed by atoms with Gasteiger partial charge in [-0.3, -0.25) is 9.78 Å². The molecule has 0 saturated carbocycles. The number of pyridine rings is 1. The minimum absolute atomic E-state index is 0.366. The van der Waals surface area contributed by atoms with Gasteiger partial charge in [0, 0.05) is 11.6 Å². The lowest BCUT2D eigenvalue weighted by Crippen LogP contribution is -2.14. The first-order valence-electron chi connectivity index (χ1n) is 7.38. The van der Waals surface area contributed by atoms with Gasteiger partial charge in [0.1, 0.15) is 5.69 Å². The van der Waals surface area contributed by atoms with Crippen molar-refractivity contribution in [3.8, 4) is 11.1 Å². The normalized spacial score (nSPS) is 12.3. The molecule has 22 heavy (non-hydrogen) atoms. The second-order valence-electron chi connectivity index (χ2n) is 5.88. The molecule has 1 aliphatic carbocycles. The monoisotopic (exact) mass is 288 g/mol. The van der Waals surface area contributed by atoms with Crippen molar-refractivity contribution in [2.75, 3.05) is 0 Å². The summed E-state index contributed by atoms with van der Waals surface area (Å²) in [6.45, 7) is 4.19. The first-order chi connectivity index (χ1) is 10.6. The molecule has 2 N–H and O–H groups in total. The molecular weight excluding hydrogens is 272 g/mol. The van der Waals surface area contributed by atoms with Crippen molar-refractivity contribution < 1.29 is 4.79 Å². The van der Waals surface area contributed by atoms with Gasteiger partial charge in [-0.1, -0.05) is 24.3 Å². The number of hydrogen-bond donors (Lipinski definition) is 1. The number of rotatable bonds is 1. The van der Waals surface area contributed by atoms with E-state index in [-0.39, 0.29) is 0 Å². The molecule has 1 heterocycles. The third-order valence-corrected chi connectivity index (χ3v) is 4.75. The molecule has 0 aliphatic heterocycles. The molecule has 1 aromatic heterocycles. The van der Waals surface area contributed by atoms with E-state index in [0.29, 0.717) is 5.69 Å². The Hall–Kier alpha value is -2.68. The molecule has 0 spiro atoms. The number of hydrogen-bond acceptors (Lipinski definition) is 2. The molecule has 0 fully saturated rings. The van der Waals surface area contributed by atoms with Crippen LogP contribution in [0.5, 0.6) is 0 Å². The number of amides is 1. The van der Waals surface area contributed by atoms with Gasteiger partial charge in [0.25, 0.3) is 5.91 Å². The van der Waals surface area contributed by atoms with E-state index in [9.17, 15) is 4.79 Å². The predicted octanol–water partition coefficient (Wildman–Crippen LogP) is 3.52. The topological polar surface area (TPSA) is 56.0 Å². The smallest absolute Gasteiger partial charge is 0.267 e. The van der Waals surface area contributed by atoms with Crippen molar-refractivity contribution in [2.24, 2.45) is 5.73 Å². The van der Waals surface area contributed by atoms with Gasteiger partial charge in [0.05, 0.1) is 0 Å². The highest BCUT2D eigenvalue weighted by atomic mass is 16.1. The van der Waals surface area contributed by atoms with Gasteiger partial charge >= 0.3 is 0 Å². The minimum Gasteiger partial charge on any atom is -0.364 e. The van der Waals surface area contributed by atoms with Crippen LogP contribution in [0.15, 0.2) is 36.5 Å². The number of fused-ring (bicyclic) bond motifs is 4. The SMILES string of the molecule is Cc1c2c(c(C)c3c(C(N)=O)nccc13)-c1ccccc1C2. The van der Waals surface area contributed by atoms with Gasteiger partial charge < -0.3 is 5.73 Å². The van der Waals surface area contributed by atoms with Crippen molar-refractivity contribution in [3.63, 3.8) is 0 Å². The maximum Gasteiger partial charge on any atom is 0.267 e. The van der Waals surface area contributed by atoms with Crippen molar-refractivity contribution in [2.45, 2.75) is 20.3 Å². The van der Waals surface area contributed by atoms with E-state index in [0.717, 1.165) is 22.8 Å². The van der Waals surface area contributed by atoms with Crippen molar-refractivity contribution in [1.82, 2.24) is 4.98 Å². The highest BCUT2D eigenvalue weighted by molar-refractivity contribution is 6.09. The summed E-state index contributed by atoms with van der Waals surface area (Å²) in [6.07, 6.45) is 2.62. The Balaban J connectivity index is 2.20. The fourth-order valence-electron chi connectivity index (χ4n) is 3.74. The van der Waals surface area contributed by atoms with Gasteiger partial charge in [-0.05, 0) is 65.1 Å². The minimum atomic E-state index is -0.473. The maximum absolute atomic E-state index is 11.8. The molecular formula is C19H16N2O. The standard InChI is InChI=1S/C19H16N2O/c1-10-13-7-8-21-18(19(20)22)17(13)11(2)16-14-6-4-3-5-12(14)9-15(10)16/h3-8H,9H2,1-2H3,(H2,20,22). The first kappa shape index (κ1) is 13.0. The molecule has 3 nitrogen and oxygen atoms in total. The third-order valence-electron chi connectivity index (χ3n) is 4.75. The van der Waals surface area contributed by atoms with Crippen LogP contribution in [0.2, 0.25) is 0 Å². The average molecular weight is 288 g/mol. The number of nitrogens with zero attached hydrogens (tertiary/aromatic N) is 1. The molecule has 0 atom stereocenters. The summed E-state index contributed by atoms with van der Waals surface area (Å²) in [6, 6.07) is 10.4. The van der Waals surface area contributed by atoms with Crippen LogP contribution in [0, 0.1) is 13.8 Å². The van der Waals surface area contributed by atoms with E-state index in [4.69, 9.17) is 5.73 Å². The number of nitrogens with two attached hydrogens (primary N) is 1. The molecule has 1 amide bonds. The molecule has 2 aromatic carbocycles. The van der Waals surface area contributed by atoms with Crippen LogP contribution < -0.4 is 5.73 Å². The Kier molecular flexibility index (Phi) is 2.61. The van der Waals surface area contributed by atoms with Gasteiger partial charge in [0.15, 0.2) is 0 Å². The molecule has 3 aromatic rings. The van der Waals surface area contributed by atoms with Crippen molar-refractivity contribution >= 4 is 16.7 Å². The van der Waals surface area contributed by atoms with Gasteiger partial charge in [-0.25, -0.2) is 0 Å². The molecule has 1 aliphatic rings. The zero-order valence-electron chi connectivity index (χ0n) is 12.6. The van der Waals surface area contributed by atoms with E-state index in [1.54, 1.807) is 6.20 Å². The first-order valence-corrected chi connectivity index (χ1v) is 7.38. The van der Waals surface area contributed by atoms with Crippen LogP contribution in [-0.2, 0) is 6.42 Å². The summed E-state index contributed by atoms with van der Waals surface area (Å²) in [5.74, 6) is -0.473. The summed E-state index contributed by atoms with van der Waals surface area (Å²) in [7, 11) is 0. The zero-order chi connectivity index (χ0) is 15.4. The second-order valence-corrected chi connectivity index (χ2v) is 5.88. The molecule has 4 rings (SSSR count). The van der Waals surface area contributed by atoms with Crippen LogP contribution in [0.4, 0.5) is 0 Å². The van der Waals surface area contributed by atoms with Crippen LogP contribution in [0.3, 0.4) is 0 Å². The Morgan fingerprint density at radius 1 is 1.14 bits per heavy atom. The van der Waals surface area contributed by atoms with E-state index < -0.39 is 5.91 Å². The summed E-state index contributed by atoms with van der Waals surface area (Å²) < 4.78 is 0. The maximum atomic E-state index is 11.8. The lowest BCUT2D eigenvalue weighted by molar-refractivity contribution is 0.0997. The van der Waals surface area contributed by atoms with Crippen LogP contribution in [0.25, 0.3) is 21.9 Å². The summed E-state index contributed by atoms with van der Waals surface area (Å²) >= 11 is 0.